The third-order valence-corrected chi connectivity index (χ3v) is 4.50. The number of thiophene rings is 1. The van der Waals surface area contributed by atoms with Gasteiger partial charge >= 0.3 is 0 Å². The summed E-state index contributed by atoms with van der Waals surface area (Å²) in [6.07, 6.45) is 2.29. The molecule has 98 valence electrons. The number of aromatic nitrogens is 3. The van der Waals surface area contributed by atoms with Gasteiger partial charge in [0.1, 0.15) is 4.83 Å². The third-order valence-electron chi connectivity index (χ3n) is 2.82. The summed E-state index contributed by atoms with van der Waals surface area (Å²) in [5.41, 5.74) is 6.51. The van der Waals surface area contributed by atoms with Gasteiger partial charge in [0, 0.05) is 23.2 Å². The molecule has 0 atom stereocenters. The molecule has 2 N–H and O–H groups in total. The lowest BCUT2D eigenvalue weighted by Crippen LogP contribution is -2.21. The molecule has 0 aliphatic heterocycles. The minimum Gasteiger partial charge on any atom is -0.375 e. The van der Waals surface area contributed by atoms with Gasteiger partial charge in [-0.25, -0.2) is 9.97 Å². The lowest BCUT2D eigenvalue weighted by molar-refractivity contribution is 0.657. The number of rotatable bonds is 3. The molecule has 0 aliphatic carbocycles. The van der Waals surface area contributed by atoms with Crippen LogP contribution in [-0.4, -0.2) is 14.5 Å². The van der Waals surface area contributed by atoms with Gasteiger partial charge in [0.05, 0.1) is 17.4 Å². The van der Waals surface area contributed by atoms with Gasteiger partial charge < -0.3 is 5.73 Å². The van der Waals surface area contributed by atoms with Crippen LogP contribution in [0.3, 0.4) is 0 Å². The molecule has 5 nitrogen and oxygen atoms in total. The second kappa shape index (κ2) is 4.75. The van der Waals surface area contributed by atoms with Crippen LogP contribution in [0.1, 0.15) is 10.6 Å². The molecule has 7 heteroatoms. The minimum atomic E-state index is 0.0116. The number of fused-ring (bicyclic) bond motifs is 1. The topological polar surface area (TPSA) is 73.8 Å². The Morgan fingerprint density at radius 1 is 1.47 bits per heavy atom. The zero-order valence-electron chi connectivity index (χ0n) is 10.3. The number of anilines is 1. The van der Waals surface area contributed by atoms with E-state index in [1.54, 1.807) is 22.2 Å². The smallest absolute Gasteiger partial charge is 0.262 e. The molecule has 0 aliphatic rings. The quantitative estimate of drug-likeness (QED) is 0.801. The molecule has 0 saturated carbocycles. The molecule has 3 heterocycles. The molecule has 0 unspecified atom stereocenters. The van der Waals surface area contributed by atoms with E-state index in [0.29, 0.717) is 23.5 Å². The number of nitrogens with zero attached hydrogens (tertiary/aromatic N) is 3. The Bertz CT molecular complexity index is 786. The number of nitrogen functional groups attached to an aromatic ring is 1. The molecule has 0 fully saturated rings. The van der Waals surface area contributed by atoms with Crippen LogP contribution < -0.4 is 11.3 Å². The fourth-order valence-corrected chi connectivity index (χ4v) is 3.35. The van der Waals surface area contributed by atoms with Gasteiger partial charge in [0.15, 0.2) is 5.13 Å². The molecule has 0 radical (unpaired) electrons. The summed E-state index contributed by atoms with van der Waals surface area (Å²) in [6.45, 7) is 2.55. The summed E-state index contributed by atoms with van der Waals surface area (Å²) in [7, 11) is 0. The average molecular weight is 292 g/mol. The van der Waals surface area contributed by atoms with Gasteiger partial charge in [-0.2, -0.15) is 0 Å². The number of thiazole rings is 1. The van der Waals surface area contributed by atoms with Gasteiger partial charge in [-0.05, 0) is 13.0 Å². The molecular formula is C12H12N4OS2. The highest BCUT2D eigenvalue weighted by Gasteiger charge is 2.07. The fraction of sp³-hybridized carbons (Fsp3) is 0.250. The van der Waals surface area contributed by atoms with Crippen molar-refractivity contribution in [1.82, 2.24) is 14.5 Å². The highest BCUT2D eigenvalue weighted by Crippen LogP contribution is 2.19. The number of nitrogens with two attached hydrogens (primary N) is 1. The van der Waals surface area contributed by atoms with E-state index in [9.17, 15) is 4.79 Å². The molecule has 0 saturated heterocycles. The molecule has 3 rings (SSSR count). The van der Waals surface area contributed by atoms with Gasteiger partial charge in [-0.15, -0.1) is 22.7 Å². The van der Waals surface area contributed by atoms with Crippen molar-refractivity contribution in [3.05, 3.63) is 38.7 Å². The summed E-state index contributed by atoms with van der Waals surface area (Å²) in [5.74, 6) is 0. The van der Waals surface area contributed by atoms with Crippen LogP contribution in [0, 0.1) is 6.92 Å². The maximum Gasteiger partial charge on any atom is 0.262 e. The van der Waals surface area contributed by atoms with Crippen LogP contribution in [0.15, 0.2) is 22.6 Å². The van der Waals surface area contributed by atoms with E-state index in [0.717, 1.165) is 15.4 Å². The Morgan fingerprint density at radius 2 is 2.32 bits per heavy atom. The average Bonchev–Trinajstić information content (AvgIpc) is 2.94. The van der Waals surface area contributed by atoms with Crippen molar-refractivity contribution in [3.8, 4) is 0 Å². The zero-order chi connectivity index (χ0) is 13.4. The molecule has 0 bridgehead atoms. The predicted octanol–water partition coefficient (Wildman–Crippen LogP) is 2.05. The van der Waals surface area contributed by atoms with E-state index in [-0.39, 0.29) is 5.56 Å². The highest BCUT2D eigenvalue weighted by atomic mass is 32.1. The second-order valence-electron chi connectivity index (χ2n) is 4.25. The second-order valence-corrected chi connectivity index (χ2v) is 6.37. The first-order chi connectivity index (χ1) is 9.13. The number of aryl methyl sites for hydroxylation is 3. The van der Waals surface area contributed by atoms with E-state index >= 15 is 0 Å². The summed E-state index contributed by atoms with van der Waals surface area (Å²) < 4.78 is 1.63. The summed E-state index contributed by atoms with van der Waals surface area (Å²) in [6, 6.07) is 1.90. The van der Waals surface area contributed by atoms with Crippen molar-refractivity contribution in [1.29, 1.82) is 0 Å². The molecule has 3 aromatic rings. The predicted molar refractivity (Wildman–Crippen MR) is 78.8 cm³/mol. The number of hydrogen-bond donors (Lipinski definition) is 1. The third kappa shape index (κ3) is 2.39. The summed E-state index contributed by atoms with van der Waals surface area (Å²) in [5, 5.41) is 3.17. The minimum absolute atomic E-state index is 0.0116. The first-order valence-electron chi connectivity index (χ1n) is 5.79. The molecule has 0 amide bonds. The van der Waals surface area contributed by atoms with E-state index < -0.39 is 0 Å². The van der Waals surface area contributed by atoms with E-state index in [2.05, 4.69) is 9.97 Å². The normalized spacial score (nSPS) is 11.2. The van der Waals surface area contributed by atoms with Crippen molar-refractivity contribution in [2.45, 2.75) is 19.9 Å². The Morgan fingerprint density at radius 3 is 3.05 bits per heavy atom. The molecule has 0 spiro atoms. The van der Waals surface area contributed by atoms with Crippen LogP contribution in [0.2, 0.25) is 0 Å². The maximum absolute atomic E-state index is 12.3. The van der Waals surface area contributed by atoms with Gasteiger partial charge in [0.25, 0.3) is 5.56 Å². The van der Waals surface area contributed by atoms with Crippen LogP contribution in [0.4, 0.5) is 5.13 Å². The number of hydrogen-bond acceptors (Lipinski definition) is 6. The lowest BCUT2D eigenvalue weighted by atomic mass is 10.3. The molecular weight excluding hydrogens is 280 g/mol. The standard InChI is InChI=1S/C12H12N4OS2/c1-7-4-9-10(19-7)14-6-16(11(9)17)3-2-8-5-18-12(13)15-8/h4-6H,2-3H2,1H3,(H2,13,15). The molecule has 0 aromatic carbocycles. The Labute approximate surface area is 117 Å². The van der Waals surface area contributed by atoms with Gasteiger partial charge in [-0.3, -0.25) is 9.36 Å². The van der Waals surface area contributed by atoms with Crippen LogP contribution in [-0.2, 0) is 13.0 Å². The van der Waals surface area contributed by atoms with Crippen molar-refractivity contribution in [2.24, 2.45) is 0 Å². The van der Waals surface area contributed by atoms with Crippen molar-refractivity contribution < 1.29 is 0 Å². The molecule has 3 aromatic heterocycles. The van der Waals surface area contributed by atoms with Crippen molar-refractivity contribution in [2.75, 3.05) is 5.73 Å². The SMILES string of the molecule is Cc1cc2c(=O)n(CCc3csc(N)n3)cnc2s1. The highest BCUT2D eigenvalue weighted by molar-refractivity contribution is 7.18. The summed E-state index contributed by atoms with van der Waals surface area (Å²) >= 11 is 2.96. The van der Waals surface area contributed by atoms with Crippen LogP contribution in [0.5, 0.6) is 0 Å². The summed E-state index contributed by atoms with van der Waals surface area (Å²) in [4.78, 5) is 22.7. The van der Waals surface area contributed by atoms with Gasteiger partial charge in [-0.1, -0.05) is 0 Å². The first-order valence-corrected chi connectivity index (χ1v) is 7.48. The molecule has 19 heavy (non-hydrogen) atoms. The van der Waals surface area contributed by atoms with Crippen LogP contribution >= 0.6 is 22.7 Å². The largest absolute Gasteiger partial charge is 0.375 e. The Balaban J connectivity index is 1.88. The first kappa shape index (κ1) is 12.3. The van der Waals surface area contributed by atoms with E-state index in [1.165, 1.54) is 11.3 Å². The van der Waals surface area contributed by atoms with Gasteiger partial charge in [0.2, 0.25) is 0 Å². The van der Waals surface area contributed by atoms with E-state index in [4.69, 9.17) is 5.73 Å². The van der Waals surface area contributed by atoms with Crippen molar-refractivity contribution >= 4 is 38.0 Å². The Hall–Kier alpha value is -1.73. The Kier molecular flexibility index (Phi) is 3.08. The van der Waals surface area contributed by atoms with Crippen molar-refractivity contribution in [3.63, 3.8) is 0 Å². The zero-order valence-corrected chi connectivity index (χ0v) is 11.9. The monoisotopic (exact) mass is 292 g/mol. The maximum atomic E-state index is 12.3. The van der Waals surface area contributed by atoms with Crippen LogP contribution in [0.25, 0.3) is 10.2 Å². The van der Waals surface area contributed by atoms with E-state index in [1.807, 2.05) is 18.4 Å². The fourth-order valence-electron chi connectivity index (χ4n) is 1.91. The lowest BCUT2D eigenvalue weighted by Gasteiger charge is -2.03.